The lowest BCUT2D eigenvalue weighted by Crippen LogP contribution is -2.43. The van der Waals surface area contributed by atoms with Crippen LogP contribution in [-0.4, -0.2) is 34.2 Å². The smallest absolute Gasteiger partial charge is 0.254 e. The van der Waals surface area contributed by atoms with Crippen LogP contribution >= 0.6 is 11.6 Å². The SMILES string of the molecule is O=C(CN(C(=O)c1cccc(Cl)c1)C1CC1)N(Cc1ccccc1)Cc1ccco1. The Kier molecular flexibility index (Phi) is 6.19. The van der Waals surface area contributed by atoms with Gasteiger partial charge in [0.2, 0.25) is 5.91 Å². The van der Waals surface area contributed by atoms with Gasteiger partial charge in [0.1, 0.15) is 12.3 Å². The highest BCUT2D eigenvalue weighted by Crippen LogP contribution is 2.29. The summed E-state index contributed by atoms with van der Waals surface area (Å²) in [6.45, 7) is 0.832. The molecule has 0 atom stereocenters. The van der Waals surface area contributed by atoms with Crippen LogP contribution in [0.5, 0.6) is 0 Å². The fourth-order valence-corrected chi connectivity index (χ4v) is 3.60. The fourth-order valence-electron chi connectivity index (χ4n) is 3.41. The molecule has 1 aliphatic carbocycles. The second-order valence-corrected chi connectivity index (χ2v) is 7.93. The Balaban J connectivity index is 1.52. The Bertz CT molecular complexity index is 1000. The highest BCUT2D eigenvalue weighted by Gasteiger charge is 2.35. The number of furan rings is 1. The zero-order chi connectivity index (χ0) is 20.9. The van der Waals surface area contributed by atoms with Gasteiger partial charge < -0.3 is 14.2 Å². The average Bonchev–Trinajstić information content (AvgIpc) is 3.47. The molecule has 2 aromatic carbocycles. The zero-order valence-corrected chi connectivity index (χ0v) is 17.3. The molecule has 154 valence electrons. The first-order valence-corrected chi connectivity index (χ1v) is 10.4. The molecule has 0 bridgehead atoms. The van der Waals surface area contributed by atoms with E-state index in [0.29, 0.717) is 29.4 Å². The number of benzene rings is 2. The number of nitrogens with zero attached hydrogens (tertiary/aromatic N) is 2. The molecular weight excluding hydrogens is 400 g/mol. The van der Waals surface area contributed by atoms with Crippen LogP contribution in [0.25, 0.3) is 0 Å². The van der Waals surface area contributed by atoms with Crippen molar-refractivity contribution in [2.75, 3.05) is 6.54 Å². The lowest BCUT2D eigenvalue weighted by Gasteiger charge is -2.27. The summed E-state index contributed by atoms with van der Waals surface area (Å²) in [5.41, 5.74) is 1.53. The summed E-state index contributed by atoms with van der Waals surface area (Å²) in [4.78, 5) is 29.8. The van der Waals surface area contributed by atoms with Gasteiger partial charge in [-0.25, -0.2) is 0 Å². The molecule has 0 saturated heterocycles. The molecule has 1 fully saturated rings. The normalized spacial score (nSPS) is 13.1. The maximum atomic E-state index is 13.3. The van der Waals surface area contributed by atoms with Gasteiger partial charge in [-0.2, -0.15) is 0 Å². The Hall–Kier alpha value is -3.05. The minimum absolute atomic E-state index is 0.0313. The number of rotatable bonds is 8. The van der Waals surface area contributed by atoms with Crippen molar-refractivity contribution in [1.29, 1.82) is 0 Å². The minimum Gasteiger partial charge on any atom is -0.467 e. The van der Waals surface area contributed by atoms with E-state index in [9.17, 15) is 9.59 Å². The summed E-state index contributed by atoms with van der Waals surface area (Å²) in [5, 5.41) is 0.506. The Labute approximate surface area is 180 Å². The molecule has 5 nitrogen and oxygen atoms in total. The van der Waals surface area contributed by atoms with E-state index in [4.69, 9.17) is 16.0 Å². The van der Waals surface area contributed by atoms with Gasteiger partial charge in [-0.1, -0.05) is 48.0 Å². The van der Waals surface area contributed by atoms with Crippen LogP contribution in [0.15, 0.2) is 77.4 Å². The Morgan fingerprint density at radius 1 is 0.967 bits per heavy atom. The van der Waals surface area contributed by atoms with Crippen LogP contribution in [0.2, 0.25) is 5.02 Å². The van der Waals surface area contributed by atoms with Gasteiger partial charge in [-0.15, -0.1) is 0 Å². The lowest BCUT2D eigenvalue weighted by molar-refractivity contribution is -0.133. The van der Waals surface area contributed by atoms with E-state index >= 15 is 0 Å². The van der Waals surface area contributed by atoms with Crippen molar-refractivity contribution in [3.05, 3.63) is 94.9 Å². The maximum absolute atomic E-state index is 13.3. The molecule has 0 radical (unpaired) electrons. The van der Waals surface area contributed by atoms with Gasteiger partial charge in [0.25, 0.3) is 5.91 Å². The van der Waals surface area contributed by atoms with Crippen molar-refractivity contribution in [2.24, 2.45) is 0 Å². The molecule has 1 heterocycles. The predicted octanol–water partition coefficient (Wildman–Crippen LogP) is 4.77. The van der Waals surface area contributed by atoms with E-state index in [1.165, 1.54) is 0 Å². The number of halogens is 1. The first kappa shape index (κ1) is 20.2. The summed E-state index contributed by atoms with van der Waals surface area (Å²) in [6, 6.07) is 20.4. The van der Waals surface area contributed by atoms with Gasteiger partial charge in [-0.3, -0.25) is 9.59 Å². The molecule has 6 heteroatoms. The predicted molar refractivity (Wildman–Crippen MR) is 115 cm³/mol. The standard InChI is InChI=1S/C24H23ClN2O3/c25-20-9-4-8-19(14-20)24(29)27(21-11-12-21)17-23(28)26(16-22-10-5-13-30-22)15-18-6-2-1-3-7-18/h1-10,13-14,21H,11-12,15-17H2. The summed E-state index contributed by atoms with van der Waals surface area (Å²) in [7, 11) is 0. The summed E-state index contributed by atoms with van der Waals surface area (Å²) in [5.74, 6) is 0.432. The molecule has 0 aliphatic heterocycles. The van der Waals surface area contributed by atoms with E-state index in [1.54, 1.807) is 46.4 Å². The minimum atomic E-state index is -0.161. The van der Waals surface area contributed by atoms with Crippen molar-refractivity contribution in [1.82, 2.24) is 9.80 Å². The van der Waals surface area contributed by atoms with Crippen molar-refractivity contribution in [3.8, 4) is 0 Å². The first-order valence-electron chi connectivity index (χ1n) is 10.0. The molecular formula is C24H23ClN2O3. The summed E-state index contributed by atoms with van der Waals surface area (Å²) in [6.07, 6.45) is 3.42. The fraction of sp³-hybridized carbons (Fsp3) is 0.250. The average molecular weight is 423 g/mol. The first-order chi connectivity index (χ1) is 14.6. The van der Waals surface area contributed by atoms with Gasteiger partial charge >= 0.3 is 0 Å². The van der Waals surface area contributed by atoms with Crippen LogP contribution in [0.3, 0.4) is 0 Å². The molecule has 0 N–H and O–H groups in total. The van der Waals surface area contributed by atoms with Gasteiger partial charge in [0.15, 0.2) is 0 Å². The third-order valence-corrected chi connectivity index (χ3v) is 5.36. The van der Waals surface area contributed by atoms with Crippen LogP contribution in [0.4, 0.5) is 0 Å². The highest BCUT2D eigenvalue weighted by molar-refractivity contribution is 6.31. The molecule has 1 aromatic heterocycles. The van der Waals surface area contributed by atoms with Gasteiger partial charge in [0.05, 0.1) is 12.8 Å². The Morgan fingerprint density at radius 3 is 2.43 bits per heavy atom. The van der Waals surface area contributed by atoms with Crippen LogP contribution in [-0.2, 0) is 17.9 Å². The molecule has 0 unspecified atom stereocenters. The number of carbonyl (C=O) groups is 2. The third kappa shape index (κ3) is 5.10. The van der Waals surface area contributed by atoms with Crippen LogP contribution in [0.1, 0.15) is 34.5 Å². The number of amides is 2. The maximum Gasteiger partial charge on any atom is 0.254 e. The molecule has 3 aromatic rings. The molecule has 0 spiro atoms. The Morgan fingerprint density at radius 2 is 1.77 bits per heavy atom. The molecule has 1 aliphatic rings. The van der Waals surface area contributed by atoms with E-state index in [1.807, 2.05) is 36.4 Å². The van der Waals surface area contributed by atoms with E-state index < -0.39 is 0 Å². The van der Waals surface area contributed by atoms with Crippen molar-refractivity contribution in [2.45, 2.75) is 32.0 Å². The second-order valence-electron chi connectivity index (χ2n) is 7.49. The van der Waals surface area contributed by atoms with E-state index in [2.05, 4.69) is 0 Å². The van der Waals surface area contributed by atoms with Crippen LogP contribution < -0.4 is 0 Å². The number of hydrogen-bond acceptors (Lipinski definition) is 3. The van der Waals surface area contributed by atoms with Gasteiger partial charge in [-0.05, 0) is 48.7 Å². The number of carbonyl (C=O) groups excluding carboxylic acids is 2. The van der Waals surface area contributed by atoms with Crippen molar-refractivity contribution >= 4 is 23.4 Å². The van der Waals surface area contributed by atoms with Gasteiger partial charge in [0, 0.05) is 23.2 Å². The topological polar surface area (TPSA) is 53.8 Å². The largest absolute Gasteiger partial charge is 0.467 e. The second kappa shape index (κ2) is 9.18. The summed E-state index contributed by atoms with van der Waals surface area (Å²) < 4.78 is 5.46. The van der Waals surface area contributed by atoms with Crippen LogP contribution in [0, 0.1) is 0 Å². The molecule has 2 amide bonds. The molecule has 30 heavy (non-hydrogen) atoms. The van der Waals surface area contributed by atoms with Crippen molar-refractivity contribution in [3.63, 3.8) is 0 Å². The van der Waals surface area contributed by atoms with E-state index in [-0.39, 0.29) is 24.4 Å². The third-order valence-electron chi connectivity index (χ3n) is 5.12. The molecule has 4 rings (SSSR count). The zero-order valence-electron chi connectivity index (χ0n) is 16.5. The summed E-state index contributed by atoms with van der Waals surface area (Å²) >= 11 is 6.06. The van der Waals surface area contributed by atoms with Crippen molar-refractivity contribution < 1.29 is 14.0 Å². The van der Waals surface area contributed by atoms with E-state index in [0.717, 1.165) is 18.4 Å². The highest BCUT2D eigenvalue weighted by atomic mass is 35.5. The molecule has 1 saturated carbocycles. The number of hydrogen-bond donors (Lipinski definition) is 0. The quantitative estimate of drug-likeness (QED) is 0.525. The monoisotopic (exact) mass is 422 g/mol. The lowest BCUT2D eigenvalue weighted by atomic mass is 10.2.